The van der Waals surface area contributed by atoms with Crippen molar-refractivity contribution in [1.82, 2.24) is 4.90 Å². The Labute approximate surface area is 130 Å². The summed E-state index contributed by atoms with van der Waals surface area (Å²) in [7, 11) is 1.67. The second-order valence-corrected chi connectivity index (χ2v) is 5.50. The maximum Gasteiger partial charge on any atom is 0.410 e. The van der Waals surface area contributed by atoms with E-state index >= 15 is 0 Å². The highest BCUT2D eigenvalue weighted by Crippen LogP contribution is 2.24. The van der Waals surface area contributed by atoms with Gasteiger partial charge in [0, 0.05) is 6.54 Å². The third kappa shape index (κ3) is 3.06. The van der Waals surface area contributed by atoms with Crippen molar-refractivity contribution in [1.29, 1.82) is 0 Å². The third-order valence-corrected chi connectivity index (χ3v) is 3.77. The van der Waals surface area contributed by atoms with Crippen LogP contribution < -0.4 is 4.74 Å². The average molecular weight is 297 g/mol. The van der Waals surface area contributed by atoms with Gasteiger partial charge in [0.1, 0.15) is 11.9 Å². The minimum Gasteiger partial charge on any atom is -0.497 e. The van der Waals surface area contributed by atoms with Gasteiger partial charge in [-0.2, -0.15) is 0 Å². The topological polar surface area (TPSA) is 38.8 Å². The highest BCUT2D eigenvalue weighted by atomic mass is 16.6. The largest absolute Gasteiger partial charge is 0.497 e. The van der Waals surface area contributed by atoms with Crippen molar-refractivity contribution >= 4 is 6.09 Å². The summed E-state index contributed by atoms with van der Waals surface area (Å²) in [6.07, 6.45) is -0.257. The van der Waals surface area contributed by atoms with E-state index in [1.165, 1.54) is 0 Å². The van der Waals surface area contributed by atoms with Gasteiger partial charge in [-0.25, -0.2) is 4.79 Å². The lowest BCUT2D eigenvalue weighted by molar-refractivity contribution is 0.137. The molecular weight excluding hydrogens is 278 g/mol. The van der Waals surface area contributed by atoms with Crippen molar-refractivity contribution in [2.45, 2.75) is 19.6 Å². The van der Waals surface area contributed by atoms with E-state index in [0.29, 0.717) is 13.1 Å². The van der Waals surface area contributed by atoms with Gasteiger partial charge in [0.15, 0.2) is 0 Å². The summed E-state index contributed by atoms with van der Waals surface area (Å²) >= 11 is 0. The maximum absolute atomic E-state index is 11.6. The average Bonchev–Trinajstić information content (AvgIpc) is 2.86. The van der Waals surface area contributed by atoms with E-state index in [1.807, 2.05) is 37.3 Å². The predicted molar refractivity (Wildman–Crippen MR) is 84.8 cm³/mol. The van der Waals surface area contributed by atoms with Crippen LogP contribution in [0.1, 0.15) is 12.5 Å². The summed E-state index contributed by atoms with van der Waals surface area (Å²) in [6.45, 7) is 3.14. The zero-order chi connectivity index (χ0) is 15.5. The number of benzene rings is 2. The molecule has 0 unspecified atom stereocenters. The molecule has 0 aliphatic carbocycles. The van der Waals surface area contributed by atoms with Crippen LogP contribution in [0.5, 0.6) is 5.75 Å². The number of ether oxygens (including phenoxy) is 2. The van der Waals surface area contributed by atoms with Crippen molar-refractivity contribution < 1.29 is 14.3 Å². The van der Waals surface area contributed by atoms with Crippen LogP contribution in [0.2, 0.25) is 0 Å². The van der Waals surface area contributed by atoms with E-state index < -0.39 is 0 Å². The molecule has 1 heterocycles. The lowest BCUT2D eigenvalue weighted by Gasteiger charge is -2.13. The van der Waals surface area contributed by atoms with Crippen LogP contribution in [0, 0.1) is 0 Å². The SMILES string of the molecule is COc1cccc(-c2ccc(CN3C[C@@H](C)OC3=O)cc2)c1. The van der Waals surface area contributed by atoms with E-state index in [-0.39, 0.29) is 12.2 Å². The summed E-state index contributed by atoms with van der Waals surface area (Å²) in [5.41, 5.74) is 3.33. The fourth-order valence-electron chi connectivity index (χ4n) is 2.62. The Kier molecular flexibility index (Phi) is 4.00. The van der Waals surface area contributed by atoms with Gasteiger partial charge >= 0.3 is 6.09 Å². The Balaban J connectivity index is 1.74. The van der Waals surface area contributed by atoms with Gasteiger partial charge in [-0.3, -0.25) is 0 Å². The van der Waals surface area contributed by atoms with Crippen molar-refractivity contribution in [3.05, 3.63) is 54.1 Å². The molecule has 0 aromatic heterocycles. The van der Waals surface area contributed by atoms with Crippen LogP contribution in [0.25, 0.3) is 11.1 Å². The quantitative estimate of drug-likeness (QED) is 0.863. The number of carbonyl (C=O) groups is 1. The second kappa shape index (κ2) is 6.10. The van der Waals surface area contributed by atoms with Gasteiger partial charge in [-0.1, -0.05) is 36.4 Å². The first kappa shape index (κ1) is 14.4. The number of amides is 1. The van der Waals surface area contributed by atoms with Crippen LogP contribution in [-0.2, 0) is 11.3 Å². The molecule has 1 aliphatic heterocycles. The highest BCUT2D eigenvalue weighted by Gasteiger charge is 2.27. The molecule has 2 aromatic rings. The molecule has 1 atom stereocenters. The van der Waals surface area contributed by atoms with Crippen LogP contribution >= 0.6 is 0 Å². The van der Waals surface area contributed by atoms with Gasteiger partial charge < -0.3 is 14.4 Å². The van der Waals surface area contributed by atoms with E-state index in [4.69, 9.17) is 9.47 Å². The molecule has 114 valence electrons. The van der Waals surface area contributed by atoms with E-state index in [1.54, 1.807) is 12.0 Å². The third-order valence-electron chi connectivity index (χ3n) is 3.77. The fraction of sp³-hybridized carbons (Fsp3) is 0.278. The molecule has 0 N–H and O–H groups in total. The van der Waals surface area contributed by atoms with E-state index in [2.05, 4.69) is 18.2 Å². The number of hydrogen-bond donors (Lipinski definition) is 0. The van der Waals surface area contributed by atoms with Gasteiger partial charge in [0.25, 0.3) is 0 Å². The molecule has 2 aromatic carbocycles. The lowest BCUT2D eigenvalue weighted by atomic mass is 10.0. The Morgan fingerprint density at radius 2 is 1.95 bits per heavy atom. The summed E-state index contributed by atoms with van der Waals surface area (Å²) in [5.74, 6) is 0.843. The Morgan fingerprint density at radius 1 is 1.18 bits per heavy atom. The first-order valence-electron chi connectivity index (χ1n) is 7.34. The number of rotatable bonds is 4. The van der Waals surface area contributed by atoms with Crippen LogP contribution in [0.15, 0.2) is 48.5 Å². The molecule has 22 heavy (non-hydrogen) atoms. The minimum atomic E-state index is -0.232. The zero-order valence-corrected chi connectivity index (χ0v) is 12.8. The van der Waals surface area contributed by atoms with Crippen molar-refractivity contribution in [2.24, 2.45) is 0 Å². The van der Waals surface area contributed by atoms with E-state index in [9.17, 15) is 4.79 Å². The van der Waals surface area contributed by atoms with Crippen molar-refractivity contribution in [3.63, 3.8) is 0 Å². The number of nitrogens with zero attached hydrogens (tertiary/aromatic N) is 1. The lowest BCUT2D eigenvalue weighted by Crippen LogP contribution is -2.24. The van der Waals surface area contributed by atoms with Gasteiger partial charge in [0.05, 0.1) is 13.7 Å². The number of cyclic esters (lactones) is 1. The monoisotopic (exact) mass is 297 g/mol. The van der Waals surface area contributed by atoms with Crippen LogP contribution in [0.3, 0.4) is 0 Å². The maximum atomic E-state index is 11.6. The molecule has 4 nitrogen and oxygen atoms in total. The number of hydrogen-bond acceptors (Lipinski definition) is 3. The summed E-state index contributed by atoms with van der Waals surface area (Å²) < 4.78 is 10.4. The normalized spacial score (nSPS) is 17.5. The fourth-order valence-corrected chi connectivity index (χ4v) is 2.62. The Morgan fingerprint density at radius 3 is 2.59 bits per heavy atom. The number of methoxy groups -OCH3 is 1. The molecule has 0 bridgehead atoms. The number of carbonyl (C=O) groups excluding carboxylic acids is 1. The molecule has 0 spiro atoms. The van der Waals surface area contributed by atoms with Gasteiger partial charge in [-0.15, -0.1) is 0 Å². The Bertz CT molecular complexity index is 666. The molecular formula is C18H19NO3. The van der Waals surface area contributed by atoms with E-state index in [0.717, 1.165) is 22.4 Å². The molecule has 1 fully saturated rings. The first-order chi connectivity index (χ1) is 10.7. The summed E-state index contributed by atoms with van der Waals surface area (Å²) in [6, 6.07) is 16.2. The molecule has 0 saturated carbocycles. The smallest absolute Gasteiger partial charge is 0.410 e. The first-order valence-corrected chi connectivity index (χ1v) is 7.34. The molecule has 0 radical (unpaired) electrons. The van der Waals surface area contributed by atoms with Crippen LogP contribution in [0.4, 0.5) is 4.79 Å². The van der Waals surface area contributed by atoms with Crippen LogP contribution in [-0.4, -0.2) is 30.8 Å². The molecule has 3 rings (SSSR count). The molecule has 1 aliphatic rings. The summed E-state index contributed by atoms with van der Waals surface area (Å²) in [5, 5.41) is 0. The van der Waals surface area contributed by atoms with Gasteiger partial charge in [-0.05, 0) is 35.7 Å². The standard InChI is InChI=1S/C18H19NO3/c1-13-11-19(18(20)22-13)12-14-6-8-15(9-7-14)16-4-3-5-17(10-16)21-2/h3-10,13H,11-12H2,1-2H3/t13-/m1/s1. The zero-order valence-electron chi connectivity index (χ0n) is 12.8. The molecule has 4 heteroatoms. The minimum absolute atomic E-state index is 0.0245. The highest BCUT2D eigenvalue weighted by molar-refractivity contribution is 5.70. The second-order valence-electron chi connectivity index (χ2n) is 5.50. The van der Waals surface area contributed by atoms with Crippen molar-refractivity contribution in [3.8, 4) is 16.9 Å². The van der Waals surface area contributed by atoms with Gasteiger partial charge in [0.2, 0.25) is 0 Å². The molecule has 1 amide bonds. The summed E-state index contributed by atoms with van der Waals surface area (Å²) in [4.78, 5) is 13.4. The molecule has 1 saturated heterocycles. The predicted octanol–water partition coefficient (Wildman–Crippen LogP) is 3.70. The van der Waals surface area contributed by atoms with Crippen molar-refractivity contribution in [2.75, 3.05) is 13.7 Å². The Hall–Kier alpha value is -2.49.